The number of hydrogen-bond acceptors (Lipinski definition) is 2. The predicted octanol–water partition coefficient (Wildman–Crippen LogP) is 3.80. The van der Waals surface area contributed by atoms with E-state index >= 15 is 0 Å². The summed E-state index contributed by atoms with van der Waals surface area (Å²) in [6.07, 6.45) is 0.771. The molecular formula is C17H18O2. The molecule has 0 aliphatic rings. The van der Waals surface area contributed by atoms with Gasteiger partial charge in [0.1, 0.15) is 5.75 Å². The van der Waals surface area contributed by atoms with Crippen LogP contribution in [-0.2, 0) is 6.42 Å². The van der Waals surface area contributed by atoms with Crippen molar-refractivity contribution in [2.75, 3.05) is 0 Å². The molecule has 2 rings (SSSR count). The van der Waals surface area contributed by atoms with Crippen molar-refractivity contribution >= 4 is 5.78 Å². The number of benzene rings is 2. The maximum atomic E-state index is 11.5. The van der Waals surface area contributed by atoms with Crippen LogP contribution in [0.5, 0.6) is 5.75 Å². The van der Waals surface area contributed by atoms with Gasteiger partial charge in [-0.05, 0) is 56.0 Å². The zero-order valence-corrected chi connectivity index (χ0v) is 11.5. The molecule has 0 saturated heterocycles. The molecule has 0 amide bonds. The number of phenols is 1. The van der Waals surface area contributed by atoms with Gasteiger partial charge >= 0.3 is 0 Å². The number of rotatable bonds is 3. The number of aryl methyl sites for hydroxylation is 2. The number of phenolic OH excluding ortho intramolecular Hbond substituents is 1. The van der Waals surface area contributed by atoms with Gasteiger partial charge in [-0.3, -0.25) is 4.79 Å². The Bertz CT molecular complexity index is 610. The third kappa shape index (κ3) is 3.02. The van der Waals surface area contributed by atoms with E-state index in [1.54, 1.807) is 12.1 Å². The molecule has 2 heteroatoms. The molecule has 0 unspecified atom stereocenters. The zero-order chi connectivity index (χ0) is 14.0. The topological polar surface area (TPSA) is 37.3 Å². The molecule has 0 saturated carbocycles. The Labute approximate surface area is 113 Å². The van der Waals surface area contributed by atoms with Crippen molar-refractivity contribution in [1.29, 1.82) is 0 Å². The Morgan fingerprint density at radius 2 is 1.74 bits per heavy atom. The van der Waals surface area contributed by atoms with Crippen LogP contribution in [0.3, 0.4) is 0 Å². The van der Waals surface area contributed by atoms with E-state index in [4.69, 9.17) is 0 Å². The van der Waals surface area contributed by atoms with Crippen molar-refractivity contribution in [1.82, 2.24) is 0 Å². The summed E-state index contributed by atoms with van der Waals surface area (Å²) in [7, 11) is 0. The van der Waals surface area contributed by atoms with E-state index in [1.165, 1.54) is 18.1 Å². The lowest BCUT2D eigenvalue weighted by molar-refractivity contribution is 0.101. The van der Waals surface area contributed by atoms with Crippen molar-refractivity contribution < 1.29 is 9.90 Å². The van der Waals surface area contributed by atoms with Crippen molar-refractivity contribution in [2.45, 2.75) is 27.2 Å². The number of carbonyl (C=O) groups excluding carboxylic acids is 1. The van der Waals surface area contributed by atoms with Gasteiger partial charge in [0.2, 0.25) is 0 Å². The smallest absolute Gasteiger partial charge is 0.163 e. The molecule has 0 aliphatic heterocycles. The Balaban J connectivity index is 2.37. The van der Waals surface area contributed by atoms with Gasteiger partial charge in [0.25, 0.3) is 0 Å². The van der Waals surface area contributed by atoms with Crippen molar-refractivity contribution in [3.05, 3.63) is 64.2 Å². The van der Waals surface area contributed by atoms with Gasteiger partial charge in [-0.15, -0.1) is 0 Å². The fourth-order valence-corrected chi connectivity index (χ4v) is 2.14. The maximum Gasteiger partial charge on any atom is 0.163 e. The minimum atomic E-state index is -0.109. The maximum absolute atomic E-state index is 11.5. The molecule has 0 aliphatic carbocycles. The van der Waals surface area contributed by atoms with Crippen LogP contribution < -0.4 is 0 Å². The van der Waals surface area contributed by atoms with Gasteiger partial charge in [-0.2, -0.15) is 0 Å². The third-order valence-corrected chi connectivity index (χ3v) is 3.35. The van der Waals surface area contributed by atoms with Gasteiger partial charge in [-0.25, -0.2) is 0 Å². The number of Topliss-reactive ketones (excluding diaryl/α,β-unsaturated/α-hetero) is 1. The van der Waals surface area contributed by atoms with Crippen LogP contribution in [-0.4, -0.2) is 10.9 Å². The summed E-state index contributed by atoms with van der Waals surface area (Å²) in [5.74, 6) is -0.0414. The standard InChI is InChI=1S/C17H18O2/c1-11-4-6-14(7-5-11)9-15-10-16(13(3)18)17(19)8-12(15)2/h4-8,10,19H,9H2,1-3H3. The summed E-state index contributed by atoms with van der Waals surface area (Å²) < 4.78 is 0. The quantitative estimate of drug-likeness (QED) is 0.846. The summed E-state index contributed by atoms with van der Waals surface area (Å²) in [5, 5.41) is 9.77. The highest BCUT2D eigenvalue weighted by molar-refractivity contribution is 5.97. The molecular weight excluding hydrogens is 236 g/mol. The normalized spacial score (nSPS) is 10.5. The molecule has 0 atom stereocenters. The minimum Gasteiger partial charge on any atom is -0.507 e. The number of aromatic hydroxyl groups is 1. The van der Waals surface area contributed by atoms with E-state index in [9.17, 15) is 9.90 Å². The second-order valence-electron chi connectivity index (χ2n) is 5.01. The SMILES string of the molecule is CC(=O)c1cc(Cc2ccc(C)cc2)c(C)cc1O. The van der Waals surface area contributed by atoms with Gasteiger partial charge < -0.3 is 5.11 Å². The molecule has 2 aromatic rings. The van der Waals surface area contributed by atoms with Gasteiger partial charge in [0.15, 0.2) is 5.78 Å². The highest BCUT2D eigenvalue weighted by Gasteiger charge is 2.10. The van der Waals surface area contributed by atoms with E-state index in [0.29, 0.717) is 5.56 Å². The minimum absolute atomic E-state index is 0.0673. The van der Waals surface area contributed by atoms with Crippen LogP contribution in [0.1, 0.15) is 39.5 Å². The van der Waals surface area contributed by atoms with Crippen molar-refractivity contribution in [3.8, 4) is 5.75 Å². The lowest BCUT2D eigenvalue weighted by Gasteiger charge is -2.10. The molecule has 0 spiro atoms. The summed E-state index contributed by atoms with van der Waals surface area (Å²) in [4.78, 5) is 11.5. The fourth-order valence-electron chi connectivity index (χ4n) is 2.14. The van der Waals surface area contributed by atoms with Crippen LogP contribution in [0.4, 0.5) is 0 Å². The van der Waals surface area contributed by atoms with Crippen LogP contribution >= 0.6 is 0 Å². The average Bonchev–Trinajstić information content (AvgIpc) is 2.34. The van der Waals surface area contributed by atoms with Crippen LogP contribution in [0, 0.1) is 13.8 Å². The highest BCUT2D eigenvalue weighted by Crippen LogP contribution is 2.24. The molecule has 0 aromatic heterocycles. The fraction of sp³-hybridized carbons (Fsp3) is 0.235. The largest absolute Gasteiger partial charge is 0.507 e. The first kappa shape index (κ1) is 13.3. The molecule has 0 heterocycles. The van der Waals surface area contributed by atoms with Crippen LogP contribution in [0.25, 0.3) is 0 Å². The van der Waals surface area contributed by atoms with E-state index in [-0.39, 0.29) is 11.5 Å². The summed E-state index contributed by atoms with van der Waals surface area (Å²) in [5.41, 5.74) is 4.91. The molecule has 19 heavy (non-hydrogen) atoms. The Hall–Kier alpha value is -2.09. The summed E-state index contributed by atoms with van der Waals surface area (Å²) in [6, 6.07) is 11.8. The average molecular weight is 254 g/mol. The Morgan fingerprint density at radius 3 is 2.32 bits per heavy atom. The first-order valence-corrected chi connectivity index (χ1v) is 6.36. The van der Waals surface area contributed by atoms with E-state index in [1.807, 2.05) is 6.92 Å². The molecule has 0 radical (unpaired) electrons. The van der Waals surface area contributed by atoms with Crippen molar-refractivity contribution in [3.63, 3.8) is 0 Å². The Morgan fingerprint density at radius 1 is 1.11 bits per heavy atom. The zero-order valence-electron chi connectivity index (χ0n) is 11.5. The number of ketones is 1. The third-order valence-electron chi connectivity index (χ3n) is 3.35. The predicted molar refractivity (Wildman–Crippen MR) is 76.8 cm³/mol. The Kier molecular flexibility index (Phi) is 3.70. The van der Waals surface area contributed by atoms with E-state index in [2.05, 4.69) is 31.2 Å². The van der Waals surface area contributed by atoms with Crippen LogP contribution in [0.15, 0.2) is 36.4 Å². The molecule has 2 aromatic carbocycles. The molecule has 1 N–H and O–H groups in total. The lowest BCUT2D eigenvalue weighted by Crippen LogP contribution is -1.99. The van der Waals surface area contributed by atoms with Gasteiger partial charge in [0, 0.05) is 0 Å². The molecule has 0 bridgehead atoms. The van der Waals surface area contributed by atoms with E-state index < -0.39 is 0 Å². The molecule has 98 valence electrons. The van der Waals surface area contributed by atoms with Crippen LogP contribution in [0.2, 0.25) is 0 Å². The molecule has 2 nitrogen and oxygen atoms in total. The lowest BCUT2D eigenvalue weighted by atomic mass is 9.96. The first-order chi connectivity index (χ1) is 8.97. The summed E-state index contributed by atoms with van der Waals surface area (Å²) in [6.45, 7) is 5.48. The summed E-state index contributed by atoms with van der Waals surface area (Å²) >= 11 is 0. The second-order valence-corrected chi connectivity index (χ2v) is 5.01. The molecule has 0 fully saturated rings. The second kappa shape index (κ2) is 5.27. The van der Waals surface area contributed by atoms with Gasteiger partial charge in [0.05, 0.1) is 5.56 Å². The van der Waals surface area contributed by atoms with E-state index in [0.717, 1.165) is 17.5 Å². The monoisotopic (exact) mass is 254 g/mol. The van der Waals surface area contributed by atoms with Crippen molar-refractivity contribution in [2.24, 2.45) is 0 Å². The van der Waals surface area contributed by atoms with Gasteiger partial charge in [-0.1, -0.05) is 29.8 Å². The number of carbonyl (C=O) groups is 1. The number of hydrogen-bond donors (Lipinski definition) is 1. The highest BCUT2D eigenvalue weighted by atomic mass is 16.3. The first-order valence-electron chi connectivity index (χ1n) is 6.36.